The molecule has 1 amide bonds. The van der Waals surface area contributed by atoms with E-state index in [9.17, 15) is 13.2 Å². The Labute approximate surface area is 158 Å². The predicted molar refractivity (Wildman–Crippen MR) is 104 cm³/mol. The number of hydrogen-bond donors (Lipinski definition) is 1. The largest absolute Gasteiger partial charge is 0.368 e. The first-order chi connectivity index (χ1) is 12.4. The zero-order valence-corrected chi connectivity index (χ0v) is 15.9. The molecule has 1 saturated heterocycles. The Morgan fingerprint density at radius 1 is 1.35 bits per heavy atom. The zero-order valence-electron chi connectivity index (χ0n) is 14.4. The van der Waals surface area contributed by atoms with Gasteiger partial charge in [-0.25, -0.2) is 8.42 Å². The summed E-state index contributed by atoms with van der Waals surface area (Å²) in [6, 6.07) is 10.4. The van der Waals surface area contributed by atoms with Crippen LogP contribution in [0.5, 0.6) is 0 Å². The summed E-state index contributed by atoms with van der Waals surface area (Å²) in [5, 5.41) is 3.19. The fourth-order valence-electron chi connectivity index (χ4n) is 3.14. The van der Waals surface area contributed by atoms with Crippen LogP contribution < -0.4 is 10.2 Å². The van der Waals surface area contributed by atoms with E-state index in [4.69, 9.17) is 11.6 Å². The van der Waals surface area contributed by atoms with Crippen molar-refractivity contribution in [2.24, 2.45) is 0 Å². The molecule has 1 aliphatic heterocycles. The van der Waals surface area contributed by atoms with Crippen LogP contribution in [0.25, 0.3) is 0 Å². The molecule has 2 heterocycles. The van der Waals surface area contributed by atoms with Gasteiger partial charge in [-0.1, -0.05) is 23.7 Å². The Hall–Kier alpha value is -2.12. The second kappa shape index (κ2) is 7.63. The van der Waals surface area contributed by atoms with Gasteiger partial charge in [0.25, 0.3) is 5.91 Å². The Balaban J connectivity index is 1.81. The van der Waals surface area contributed by atoms with Gasteiger partial charge in [0.15, 0.2) is 9.84 Å². The van der Waals surface area contributed by atoms with Gasteiger partial charge in [0.2, 0.25) is 0 Å². The first kappa shape index (κ1) is 18.7. The van der Waals surface area contributed by atoms with Gasteiger partial charge in [0, 0.05) is 24.5 Å². The van der Waals surface area contributed by atoms with Crippen LogP contribution in [0.3, 0.4) is 0 Å². The summed E-state index contributed by atoms with van der Waals surface area (Å²) in [6.45, 7) is 2.62. The third-order valence-corrected chi connectivity index (χ3v) is 6.50. The molecule has 1 atom stereocenters. The number of aromatic nitrogens is 1. The number of nitrogens with zero attached hydrogens (tertiary/aromatic N) is 2. The predicted octanol–water partition coefficient (Wildman–Crippen LogP) is 3.00. The van der Waals surface area contributed by atoms with Crippen molar-refractivity contribution in [3.8, 4) is 0 Å². The lowest BCUT2D eigenvalue weighted by Gasteiger charge is -2.29. The molecule has 0 bridgehead atoms. The molecule has 1 fully saturated rings. The number of carbonyl (C=O) groups is 1. The summed E-state index contributed by atoms with van der Waals surface area (Å²) in [5.74, 6) is -0.0151. The second-order valence-corrected chi connectivity index (χ2v) is 8.81. The van der Waals surface area contributed by atoms with Crippen LogP contribution in [0, 0.1) is 0 Å². The average Bonchev–Trinajstić information content (AvgIpc) is 2.97. The van der Waals surface area contributed by atoms with E-state index >= 15 is 0 Å². The topological polar surface area (TPSA) is 79.4 Å². The molecule has 8 heteroatoms. The van der Waals surface area contributed by atoms with E-state index in [-0.39, 0.29) is 29.1 Å². The number of carbonyl (C=O) groups excluding carboxylic acids is 1. The summed E-state index contributed by atoms with van der Waals surface area (Å²) in [6.07, 6.45) is 2.16. The molecular weight excluding hydrogens is 374 g/mol. The number of hydrogen-bond acceptors (Lipinski definition) is 5. The van der Waals surface area contributed by atoms with Crippen LogP contribution in [0.1, 0.15) is 23.8 Å². The third-order valence-electron chi connectivity index (χ3n) is 4.42. The minimum absolute atomic E-state index is 0.0770. The summed E-state index contributed by atoms with van der Waals surface area (Å²) in [4.78, 5) is 18.7. The highest BCUT2D eigenvalue weighted by molar-refractivity contribution is 7.91. The molecule has 26 heavy (non-hydrogen) atoms. The number of amides is 1. The average molecular weight is 394 g/mol. The number of rotatable bonds is 5. The van der Waals surface area contributed by atoms with E-state index in [1.54, 1.807) is 42.6 Å². The van der Waals surface area contributed by atoms with E-state index in [0.717, 1.165) is 5.69 Å². The molecule has 0 spiro atoms. The molecule has 1 N–H and O–H groups in total. The number of sulfone groups is 1. The summed E-state index contributed by atoms with van der Waals surface area (Å²) in [7, 11) is -2.98. The fraction of sp³-hybridized carbons (Fsp3) is 0.333. The molecule has 1 aromatic heterocycles. The van der Waals surface area contributed by atoms with Gasteiger partial charge in [-0.05, 0) is 37.6 Å². The minimum Gasteiger partial charge on any atom is -0.368 e. The van der Waals surface area contributed by atoms with Crippen molar-refractivity contribution in [3.05, 3.63) is 53.3 Å². The SMILES string of the molecule is CCN(c1ccnc(C(=O)Nc2ccccc2Cl)c1)C1CCS(=O)(=O)C1. The molecule has 1 unspecified atom stereocenters. The van der Waals surface area contributed by atoms with Crippen molar-refractivity contribution >= 4 is 38.7 Å². The quantitative estimate of drug-likeness (QED) is 0.844. The van der Waals surface area contributed by atoms with Crippen LogP contribution in [-0.4, -0.2) is 43.4 Å². The highest BCUT2D eigenvalue weighted by Gasteiger charge is 2.32. The Morgan fingerprint density at radius 2 is 2.12 bits per heavy atom. The summed E-state index contributed by atoms with van der Waals surface area (Å²) in [5.41, 5.74) is 1.55. The van der Waals surface area contributed by atoms with Crippen LogP contribution in [-0.2, 0) is 9.84 Å². The smallest absolute Gasteiger partial charge is 0.274 e. The lowest BCUT2D eigenvalue weighted by Crippen LogP contribution is -2.36. The maximum Gasteiger partial charge on any atom is 0.274 e. The Kier molecular flexibility index (Phi) is 5.48. The zero-order chi connectivity index (χ0) is 18.7. The molecule has 1 aromatic carbocycles. The van der Waals surface area contributed by atoms with E-state index in [1.165, 1.54) is 0 Å². The highest BCUT2D eigenvalue weighted by Crippen LogP contribution is 2.25. The van der Waals surface area contributed by atoms with Gasteiger partial charge in [0.1, 0.15) is 5.69 Å². The van der Waals surface area contributed by atoms with Crippen molar-refractivity contribution in [1.29, 1.82) is 0 Å². The van der Waals surface area contributed by atoms with Crippen LogP contribution in [0.4, 0.5) is 11.4 Å². The molecule has 138 valence electrons. The number of nitrogens with one attached hydrogen (secondary N) is 1. The number of pyridine rings is 1. The minimum atomic E-state index is -2.98. The van der Waals surface area contributed by atoms with E-state index in [2.05, 4.69) is 10.3 Å². The summed E-state index contributed by atoms with van der Waals surface area (Å²) >= 11 is 6.07. The fourth-order valence-corrected chi connectivity index (χ4v) is 5.06. The Morgan fingerprint density at radius 3 is 2.77 bits per heavy atom. The first-order valence-corrected chi connectivity index (χ1v) is 10.6. The van der Waals surface area contributed by atoms with Crippen LogP contribution in [0.2, 0.25) is 5.02 Å². The van der Waals surface area contributed by atoms with E-state index in [1.807, 2.05) is 11.8 Å². The van der Waals surface area contributed by atoms with Gasteiger partial charge in [-0.2, -0.15) is 0 Å². The molecule has 1 aliphatic rings. The molecule has 0 saturated carbocycles. The third kappa shape index (κ3) is 4.16. The number of anilines is 2. The van der Waals surface area contributed by atoms with Gasteiger partial charge in [-0.3, -0.25) is 9.78 Å². The standard InChI is InChI=1S/C18H20ClN3O3S/c1-2-22(14-8-10-26(24,25)12-14)13-7-9-20-17(11-13)18(23)21-16-6-4-3-5-15(16)19/h3-7,9,11,14H,2,8,10,12H2,1H3,(H,21,23). The van der Waals surface area contributed by atoms with Crippen LogP contribution in [0.15, 0.2) is 42.6 Å². The first-order valence-electron chi connectivity index (χ1n) is 8.38. The molecule has 0 radical (unpaired) electrons. The van der Waals surface area contributed by atoms with Gasteiger partial charge in [-0.15, -0.1) is 0 Å². The van der Waals surface area contributed by atoms with Crippen molar-refractivity contribution in [1.82, 2.24) is 4.98 Å². The van der Waals surface area contributed by atoms with Gasteiger partial charge in [0.05, 0.1) is 22.2 Å². The lowest BCUT2D eigenvalue weighted by molar-refractivity contribution is 0.102. The molecular formula is C18H20ClN3O3S. The van der Waals surface area contributed by atoms with E-state index < -0.39 is 9.84 Å². The van der Waals surface area contributed by atoms with E-state index in [0.29, 0.717) is 23.7 Å². The maximum atomic E-state index is 12.5. The molecule has 0 aliphatic carbocycles. The van der Waals surface area contributed by atoms with Crippen molar-refractivity contribution in [2.45, 2.75) is 19.4 Å². The van der Waals surface area contributed by atoms with Crippen LogP contribution >= 0.6 is 11.6 Å². The maximum absolute atomic E-state index is 12.5. The monoisotopic (exact) mass is 393 g/mol. The lowest BCUT2D eigenvalue weighted by atomic mass is 10.2. The highest BCUT2D eigenvalue weighted by atomic mass is 35.5. The number of benzene rings is 1. The number of halogens is 1. The molecule has 6 nitrogen and oxygen atoms in total. The number of para-hydroxylation sites is 1. The second-order valence-electron chi connectivity index (χ2n) is 6.18. The van der Waals surface area contributed by atoms with Gasteiger partial charge >= 0.3 is 0 Å². The van der Waals surface area contributed by atoms with Crippen molar-refractivity contribution in [2.75, 3.05) is 28.3 Å². The molecule has 3 rings (SSSR count). The Bertz CT molecular complexity index is 917. The van der Waals surface area contributed by atoms with Crippen molar-refractivity contribution in [3.63, 3.8) is 0 Å². The van der Waals surface area contributed by atoms with Gasteiger partial charge < -0.3 is 10.2 Å². The van der Waals surface area contributed by atoms with Crippen molar-refractivity contribution < 1.29 is 13.2 Å². The normalized spacial score (nSPS) is 18.5. The summed E-state index contributed by atoms with van der Waals surface area (Å²) < 4.78 is 23.6. The molecule has 2 aromatic rings.